The molecule has 1 fully saturated rings. The summed E-state index contributed by atoms with van der Waals surface area (Å²) in [5.41, 5.74) is 1.14. The van der Waals surface area contributed by atoms with Crippen LogP contribution in [0.3, 0.4) is 0 Å². The summed E-state index contributed by atoms with van der Waals surface area (Å²) in [6.07, 6.45) is 7.08. The second-order valence-electron chi connectivity index (χ2n) is 4.92. The minimum atomic E-state index is -0.415. The fraction of sp³-hybridized carbons (Fsp3) is 0.429. The third-order valence-corrected chi connectivity index (χ3v) is 3.55. The molecule has 3 rings (SSSR count). The van der Waals surface area contributed by atoms with Crippen molar-refractivity contribution in [2.75, 3.05) is 36.0 Å². The molecule has 0 bridgehead atoms. The third-order valence-electron chi connectivity index (χ3n) is 3.55. The van der Waals surface area contributed by atoms with Gasteiger partial charge in [-0.25, -0.2) is 24.3 Å². The fourth-order valence-corrected chi connectivity index (χ4v) is 2.27. The van der Waals surface area contributed by atoms with Crippen molar-refractivity contribution in [3.63, 3.8) is 0 Å². The number of aryl methyl sites for hydroxylation is 1. The van der Waals surface area contributed by atoms with Crippen LogP contribution >= 0.6 is 0 Å². The Bertz CT molecular complexity index is 577. The second-order valence-corrected chi connectivity index (χ2v) is 4.92. The predicted molar refractivity (Wildman–Crippen MR) is 77.8 cm³/mol. The first kappa shape index (κ1) is 13.7. The summed E-state index contributed by atoms with van der Waals surface area (Å²) in [5, 5.41) is 0. The van der Waals surface area contributed by atoms with E-state index in [0.29, 0.717) is 5.95 Å². The minimum absolute atomic E-state index is 0.415. The fourth-order valence-electron chi connectivity index (χ4n) is 2.27. The van der Waals surface area contributed by atoms with E-state index in [1.807, 2.05) is 17.3 Å². The summed E-state index contributed by atoms with van der Waals surface area (Å²) in [6.45, 7) is 5.22. The molecular formula is C14H17FN6. The summed E-state index contributed by atoms with van der Waals surface area (Å²) in [5.74, 6) is 0.909. The number of nitrogens with zero attached hydrogens (tertiary/aromatic N) is 6. The van der Waals surface area contributed by atoms with Crippen LogP contribution in [0.1, 0.15) is 12.5 Å². The molecule has 2 aromatic rings. The van der Waals surface area contributed by atoms with Crippen LogP contribution in [0.2, 0.25) is 0 Å². The third kappa shape index (κ3) is 3.07. The van der Waals surface area contributed by atoms with Crippen LogP contribution < -0.4 is 9.80 Å². The number of anilines is 2. The Kier molecular flexibility index (Phi) is 3.89. The Morgan fingerprint density at radius 1 is 0.857 bits per heavy atom. The van der Waals surface area contributed by atoms with Crippen LogP contribution in [-0.2, 0) is 6.42 Å². The van der Waals surface area contributed by atoms with Gasteiger partial charge in [-0.3, -0.25) is 0 Å². The zero-order chi connectivity index (χ0) is 14.7. The number of rotatable bonds is 3. The Balaban J connectivity index is 1.62. The van der Waals surface area contributed by atoms with E-state index < -0.39 is 5.82 Å². The van der Waals surface area contributed by atoms with E-state index in [0.717, 1.165) is 44.1 Å². The molecule has 0 aliphatic carbocycles. The quantitative estimate of drug-likeness (QED) is 0.848. The van der Waals surface area contributed by atoms with Gasteiger partial charge in [0.1, 0.15) is 0 Å². The van der Waals surface area contributed by atoms with Crippen LogP contribution in [0.5, 0.6) is 0 Å². The molecule has 1 aliphatic rings. The van der Waals surface area contributed by atoms with Crippen molar-refractivity contribution in [3.05, 3.63) is 36.2 Å². The Morgan fingerprint density at radius 2 is 1.29 bits per heavy atom. The van der Waals surface area contributed by atoms with Gasteiger partial charge in [0.25, 0.3) is 0 Å². The highest BCUT2D eigenvalue weighted by Crippen LogP contribution is 2.14. The summed E-state index contributed by atoms with van der Waals surface area (Å²) in [4.78, 5) is 21.0. The number of aromatic nitrogens is 4. The second kappa shape index (κ2) is 5.99. The Morgan fingerprint density at radius 3 is 1.71 bits per heavy atom. The molecular weight excluding hydrogens is 271 g/mol. The molecule has 0 atom stereocenters. The number of halogens is 1. The topological polar surface area (TPSA) is 58.0 Å². The monoisotopic (exact) mass is 288 g/mol. The van der Waals surface area contributed by atoms with Gasteiger partial charge in [-0.15, -0.1) is 0 Å². The highest BCUT2D eigenvalue weighted by atomic mass is 19.1. The van der Waals surface area contributed by atoms with Crippen molar-refractivity contribution < 1.29 is 4.39 Å². The van der Waals surface area contributed by atoms with E-state index in [4.69, 9.17) is 0 Å². The van der Waals surface area contributed by atoms with Crippen LogP contribution in [0.4, 0.5) is 16.3 Å². The average molecular weight is 288 g/mol. The van der Waals surface area contributed by atoms with Crippen LogP contribution in [0, 0.1) is 5.82 Å². The molecule has 0 N–H and O–H groups in total. The van der Waals surface area contributed by atoms with Crippen molar-refractivity contribution in [1.29, 1.82) is 0 Å². The van der Waals surface area contributed by atoms with E-state index in [9.17, 15) is 4.39 Å². The van der Waals surface area contributed by atoms with Gasteiger partial charge in [0, 0.05) is 38.6 Å². The van der Waals surface area contributed by atoms with E-state index in [2.05, 4.69) is 31.8 Å². The molecule has 110 valence electrons. The molecule has 0 radical (unpaired) electrons. The minimum Gasteiger partial charge on any atom is -0.337 e. The molecule has 0 amide bonds. The normalized spacial score (nSPS) is 15.3. The molecule has 0 spiro atoms. The maximum atomic E-state index is 12.8. The molecule has 6 nitrogen and oxygen atoms in total. The predicted octanol–water partition coefficient (Wildman–Crippen LogP) is 1.29. The summed E-state index contributed by atoms with van der Waals surface area (Å²) >= 11 is 0. The lowest BCUT2D eigenvalue weighted by atomic mass is 10.3. The summed E-state index contributed by atoms with van der Waals surface area (Å²) < 4.78 is 12.8. The maximum Gasteiger partial charge on any atom is 0.225 e. The van der Waals surface area contributed by atoms with Gasteiger partial charge in [-0.05, 0) is 12.0 Å². The molecule has 3 heterocycles. The van der Waals surface area contributed by atoms with Crippen molar-refractivity contribution >= 4 is 11.9 Å². The van der Waals surface area contributed by atoms with E-state index in [-0.39, 0.29) is 0 Å². The zero-order valence-corrected chi connectivity index (χ0v) is 11.9. The van der Waals surface area contributed by atoms with Crippen molar-refractivity contribution in [3.8, 4) is 0 Å². The maximum absolute atomic E-state index is 12.8. The van der Waals surface area contributed by atoms with E-state index in [1.54, 1.807) is 0 Å². The van der Waals surface area contributed by atoms with Gasteiger partial charge in [0.2, 0.25) is 11.9 Å². The first-order valence-electron chi connectivity index (χ1n) is 7.04. The molecule has 7 heteroatoms. The van der Waals surface area contributed by atoms with Gasteiger partial charge in [-0.2, -0.15) is 0 Å². The number of hydrogen-bond acceptors (Lipinski definition) is 6. The average Bonchev–Trinajstić information content (AvgIpc) is 2.56. The van der Waals surface area contributed by atoms with E-state index in [1.165, 1.54) is 12.4 Å². The first-order valence-corrected chi connectivity index (χ1v) is 7.04. The number of piperazine rings is 1. The SMILES string of the molecule is CCc1cnc(N2CCN(c3ncc(F)cn3)CC2)nc1. The van der Waals surface area contributed by atoms with Crippen molar-refractivity contribution in [2.24, 2.45) is 0 Å². The van der Waals surface area contributed by atoms with E-state index >= 15 is 0 Å². The molecule has 2 aromatic heterocycles. The first-order chi connectivity index (χ1) is 10.3. The Hall–Kier alpha value is -2.31. The largest absolute Gasteiger partial charge is 0.337 e. The standard InChI is InChI=1S/C14H17FN6/c1-2-11-7-16-13(17-8-11)20-3-5-21(6-4-20)14-18-9-12(15)10-19-14/h7-10H,2-6H2,1H3. The van der Waals surface area contributed by atoms with Crippen LogP contribution in [-0.4, -0.2) is 46.1 Å². The smallest absolute Gasteiger partial charge is 0.225 e. The van der Waals surface area contributed by atoms with Gasteiger partial charge in [0.05, 0.1) is 12.4 Å². The summed E-state index contributed by atoms with van der Waals surface area (Å²) in [7, 11) is 0. The lowest BCUT2D eigenvalue weighted by Gasteiger charge is -2.34. The molecule has 1 aliphatic heterocycles. The highest BCUT2D eigenvalue weighted by molar-refractivity contribution is 5.37. The van der Waals surface area contributed by atoms with Gasteiger partial charge < -0.3 is 9.80 Å². The lowest BCUT2D eigenvalue weighted by molar-refractivity contribution is 0.600. The van der Waals surface area contributed by atoms with Crippen LogP contribution in [0.15, 0.2) is 24.8 Å². The zero-order valence-electron chi connectivity index (χ0n) is 11.9. The Labute approximate surface area is 122 Å². The summed E-state index contributed by atoms with van der Waals surface area (Å²) in [6, 6.07) is 0. The van der Waals surface area contributed by atoms with Gasteiger partial charge >= 0.3 is 0 Å². The van der Waals surface area contributed by atoms with Gasteiger partial charge in [0.15, 0.2) is 5.82 Å². The molecule has 1 saturated heterocycles. The van der Waals surface area contributed by atoms with Crippen LogP contribution in [0.25, 0.3) is 0 Å². The molecule has 21 heavy (non-hydrogen) atoms. The van der Waals surface area contributed by atoms with Crippen molar-refractivity contribution in [1.82, 2.24) is 19.9 Å². The molecule has 0 aromatic carbocycles. The highest BCUT2D eigenvalue weighted by Gasteiger charge is 2.20. The molecule has 0 saturated carbocycles. The molecule has 0 unspecified atom stereocenters. The van der Waals surface area contributed by atoms with Gasteiger partial charge in [-0.1, -0.05) is 6.92 Å². The van der Waals surface area contributed by atoms with Crippen molar-refractivity contribution in [2.45, 2.75) is 13.3 Å². The number of hydrogen-bond donors (Lipinski definition) is 0. The lowest BCUT2D eigenvalue weighted by Crippen LogP contribution is -2.47.